The molecule has 5 nitrogen and oxygen atoms in total. The van der Waals surface area contributed by atoms with E-state index in [-0.39, 0.29) is 18.6 Å². The van der Waals surface area contributed by atoms with Crippen LogP contribution in [0.5, 0.6) is 0 Å². The molecule has 1 saturated heterocycles. The molecule has 0 aromatic heterocycles. The minimum atomic E-state index is -0.654. The van der Waals surface area contributed by atoms with E-state index in [9.17, 15) is 14.7 Å². The molecule has 1 rings (SSSR count). The SMILES string of the molecule is C=CC(C)(C(CO)C(N)=O)[C@H](C)N1CCC(C=O)CC1. The van der Waals surface area contributed by atoms with Crippen LogP contribution in [0, 0.1) is 17.3 Å². The Bertz CT molecular complexity index is 364. The molecule has 2 unspecified atom stereocenters. The number of primary amides is 1. The van der Waals surface area contributed by atoms with E-state index < -0.39 is 17.2 Å². The summed E-state index contributed by atoms with van der Waals surface area (Å²) in [4.78, 5) is 24.6. The van der Waals surface area contributed by atoms with Gasteiger partial charge in [0.25, 0.3) is 0 Å². The number of nitrogens with zero attached hydrogens (tertiary/aromatic N) is 1. The molecule has 0 bridgehead atoms. The number of carbonyl (C=O) groups is 2. The number of aldehydes is 1. The van der Waals surface area contributed by atoms with E-state index in [1.54, 1.807) is 6.08 Å². The topological polar surface area (TPSA) is 83.6 Å². The minimum absolute atomic E-state index is 0.0252. The quantitative estimate of drug-likeness (QED) is 0.528. The standard InChI is InChI=1S/C15H26N2O3/c1-4-15(3,13(10-19)14(16)20)11(2)17-7-5-12(9-18)6-8-17/h4,9,11-13,19H,1,5-8,10H2,2-3H3,(H2,16,20)/t11-,13?,15?/m0/s1. The maximum atomic E-state index is 11.6. The Kier molecular flexibility index (Phi) is 5.89. The lowest BCUT2D eigenvalue weighted by Gasteiger charge is -2.45. The number of amides is 1. The van der Waals surface area contributed by atoms with Crippen LogP contribution in [0.25, 0.3) is 0 Å². The first-order chi connectivity index (χ1) is 9.40. The van der Waals surface area contributed by atoms with Gasteiger partial charge >= 0.3 is 0 Å². The van der Waals surface area contributed by atoms with Gasteiger partial charge in [0.05, 0.1) is 12.5 Å². The van der Waals surface area contributed by atoms with Crippen molar-refractivity contribution in [2.45, 2.75) is 32.7 Å². The number of aliphatic hydroxyl groups is 1. The van der Waals surface area contributed by atoms with Crippen LogP contribution in [-0.4, -0.2) is 47.9 Å². The minimum Gasteiger partial charge on any atom is -0.396 e. The first-order valence-electron chi connectivity index (χ1n) is 7.13. The fraction of sp³-hybridized carbons (Fsp3) is 0.733. The van der Waals surface area contributed by atoms with Crippen molar-refractivity contribution in [3.63, 3.8) is 0 Å². The molecular weight excluding hydrogens is 256 g/mol. The first kappa shape index (κ1) is 16.9. The van der Waals surface area contributed by atoms with E-state index in [1.165, 1.54) is 0 Å². The third-order valence-corrected chi connectivity index (χ3v) is 4.93. The lowest BCUT2D eigenvalue weighted by molar-refractivity contribution is -0.128. The predicted octanol–water partition coefficient (Wildman–Crippen LogP) is 0.572. The van der Waals surface area contributed by atoms with Crippen LogP contribution in [0.1, 0.15) is 26.7 Å². The molecule has 1 amide bonds. The Balaban J connectivity index is 2.85. The summed E-state index contributed by atoms with van der Waals surface area (Å²) in [5, 5.41) is 9.48. The zero-order chi connectivity index (χ0) is 15.3. The maximum Gasteiger partial charge on any atom is 0.223 e. The Hall–Kier alpha value is -1.20. The fourth-order valence-electron chi connectivity index (χ4n) is 3.03. The summed E-state index contributed by atoms with van der Waals surface area (Å²) < 4.78 is 0. The summed E-state index contributed by atoms with van der Waals surface area (Å²) >= 11 is 0. The van der Waals surface area contributed by atoms with Crippen molar-refractivity contribution in [3.8, 4) is 0 Å². The van der Waals surface area contributed by atoms with E-state index in [0.717, 1.165) is 32.2 Å². The lowest BCUT2D eigenvalue weighted by Crippen LogP contribution is -2.53. The number of carbonyl (C=O) groups excluding carboxylic acids is 2. The Morgan fingerprint density at radius 1 is 1.55 bits per heavy atom. The van der Waals surface area contributed by atoms with Gasteiger partial charge in [-0.2, -0.15) is 0 Å². The monoisotopic (exact) mass is 282 g/mol. The molecule has 3 atom stereocenters. The second-order valence-corrected chi connectivity index (χ2v) is 5.89. The number of likely N-dealkylation sites (tertiary alicyclic amines) is 1. The highest BCUT2D eigenvalue weighted by molar-refractivity contribution is 5.78. The average Bonchev–Trinajstić information content (AvgIpc) is 2.46. The van der Waals surface area contributed by atoms with Gasteiger partial charge < -0.3 is 15.6 Å². The van der Waals surface area contributed by atoms with Crippen molar-refractivity contribution >= 4 is 12.2 Å². The van der Waals surface area contributed by atoms with Gasteiger partial charge in [-0.25, -0.2) is 0 Å². The third kappa shape index (κ3) is 3.27. The Morgan fingerprint density at radius 2 is 2.10 bits per heavy atom. The second kappa shape index (κ2) is 6.99. The largest absolute Gasteiger partial charge is 0.396 e. The molecule has 0 aromatic rings. The van der Waals surface area contributed by atoms with Crippen LogP contribution in [0.2, 0.25) is 0 Å². The highest BCUT2D eigenvalue weighted by atomic mass is 16.3. The number of hydrogen-bond donors (Lipinski definition) is 2. The van der Waals surface area contributed by atoms with Gasteiger partial charge in [0.2, 0.25) is 5.91 Å². The molecule has 1 fully saturated rings. The van der Waals surface area contributed by atoms with Gasteiger partial charge in [0.15, 0.2) is 0 Å². The van der Waals surface area contributed by atoms with Crippen LogP contribution in [0.3, 0.4) is 0 Å². The zero-order valence-electron chi connectivity index (χ0n) is 12.4. The molecule has 1 heterocycles. The molecule has 0 spiro atoms. The summed E-state index contributed by atoms with van der Waals surface area (Å²) in [5.41, 5.74) is 4.82. The van der Waals surface area contributed by atoms with E-state index in [4.69, 9.17) is 5.73 Å². The van der Waals surface area contributed by atoms with Gasteiger partial charge in [-0.1, -0.05) is 13.0 Å². The van der Waals surface area contributed by atoms with Crippen LogP contribution < -0.4 is 5.73 Å². The Labute approximate surface area is 120 Å². The second-order valence-electron chi connectivity index (χ2n) is 5.89. The molecule has 1 aliphatic rings. The van der Waals surface area contributed by atoms with Crippen molar-refractivity contribution in [3.05, 3.63) is 12.7 Å². The number of rotatable bonds is 7. The summed E-state index contributed by atoms with van der Waals surface area (Å²) in [6.07, 6.45) is 4.41. The van der Waals surface area contributed by atoms with Gasteiger partial charge in [0, 0.05) is 17.4 Å². The molecular formula is C15H26N2O3. The van der Waals surface area contributed by atoms with E-state index in [0.29, 0.717) is 0 Å². The summed E-state index contributed by atoms with van der Waals surface area (Å²) in [7, 11) is 0. The first-order valence-corrected chi connectivity index (χ1v) is 7.13. The number of piperidine rings is 1. The number of nitrogens with two attached hydrogens (primary N) is 1. The smallest absolute Gasteiger partial charge is 0.223 e. The van der Waals surface area contributed by atoms with Crippen LogP contribution in [0.15, 0.2) is 12.7 Å². The van der Waals surface area contributed by atoms with Gasteiger partial charge in [0.1, 0.15) is 6.29 Å². The van der Waals surface area contributed by atoms with Gasteiger partial charge in [-0.05, 0) is 32.9 Å². The maximum absolute atomic E-state index is 11.6. The van der Waals surface area contributed by atoms with Crippen LogP contribution in [0.4, 0.5) is 0 Å². The molecule has 114 valence electrons. The van der Waals surface area contributed by atoms with Gasteiger partial charge in [-0.15, -0.1) is 6.58 Å². The van der Waals surface area contributed by atoms with Crippen molar-refractivity contribution in [1.82, 2.24) is 4.90 Å². The normalized spacial score (nSPS) is 23.6. The highest BCUT2D eigenvalue weighted by Gasteiger charge is 2.42. The van der Waals surface area contributed by atoms with Gasteiger partial charge in [-0.3, -0.25) is 9.69 Å². The highest BCUT2D eigenvalue weighted by Crippen LogP contribution is 2.36. The average molecular weight is 282 g/mol. The number of hydrogen-bond acceptors (Lipinski definition) is 4. The van der Waals surface area contributed by atoms with Crippen molar-refractivity contribution in [2.24, 2.45) is 23.0 Å². The Morgan fingerprint density at radius 3 is 2.45 bits per heavy atom. The van der Waals surface area contributed by atoms with Crippen molar-refractivity contribution < 1.29 is 14.7 Å². The molecule has 0 radical (unpaired) electrons. The van der Waals surface area contributed by atoms with E-state index in [2.05, 4.69) is 11.5 Å². The molecule has 5 heteroatoms. The van der Waals surface area contributed by atoms with E-state index in [1.807, 2.05) is 13.8 Å². The van der Waals surface area contributed by atoms with Crippen LogP contribution in [-0.2, 0) is 9.59 Å². The molecule has 1 aliphatic heterocycles. The van der Waals surface area contributed by atoms with Crippen LogP contribution >= 0.6 is 0 Å². The zero-order valence-corrected chi connectivity index (χ0v) is 12.4. The molecule has 0 aromatic carbocycles. The lowest BCUT2D eigenvalue weighted by atomic mass is 9.70. The number of aliphatic hydroxyl groups excluding tert-OH is 1. The van der Waals surface area contributed by atoms with E-state index >= 15 is 0 Å². The predicted molar refractivity (Wildman–Crippen MR) is 77.9 cm³/mol. The molecule has 0 saturated carbocycles. The summed E-state index contributed by atoms with van der Waals surface area (Å²) in [6.45, 7) is 9.09. The third-order valence-electron chi connectivity index (χ3n) is 4.93. The van der Waals surface area contributed by atoms with Crippen molar-refractivity contribution in [1.29, 1.82) is 0 Å². The fourth-order valence-corrected chi connectivity index (χ4v) is 3.03. The summed E-state index contributed by atoms with van der Waals surface area (Å²) in [6, 6.07) is 0.0252. The molecule has 20 heavy (non-hydrogen) atoms. The molecule has 0 aliphatic carbocycles. The summed E-state index contributed by atoms with van der Waals surface area (Å²) in [5.74, 6) is -1.03. The van der Waals surface area contributed by atoms with Crippen molar-refractivity contribution in [2.75, 3.05) is 19.7 Å². The molecule has 3 N–H and O–H groups in total.